The third-order valence-corrected chi connectivity index (χ3v) is 5.85. The van der Waals surface area contributed by atoms with E-state index in [2.05, 4.69) is 36.2 Å². The summed E-state index contributed by atoms with van der Waals surface area (Å²) in [6.07, 6.45) is 0.780. The number of likely N-dealkylation sites (N-methyl/N-ethyl adjacent to an activating group) is 1. The van der Waals surface area contributed by atoms with E-state index in [9.17, 15) is 4.79 Å². The minimum atomic E-state index is -0.164. The second-order valence-corrected chi connectivity index (χ2v) is 7.42. The Labute approximate surface area is 179 Å². The highest BCUT2D eigenvalue weighted by atomic mass is 16.5. The third-order valence-electron chi connectivity index (χ3n) is 5.85. The van der Waals surface area contributed by atoms with Crippen LogP contribution < -0.4 is 14.8 Å². The van der Waals surface area contributed by atoms with Crippen LogP contribution in [0.15, 0.2) is 42.5 Å². The molecule has 0 aromatic heterocycles. The van der Waals surface area contributed by atoms with E-state index in [0.717, 1.165) is 42.9 Å². The fourth-order valence-corrected chi connectivity index (χ4v) is 4.12. The number of ether oxygens (including phenoxy) is 2. The fourth-order valence-electron chi connectivity index (χ4n) is 4.12. The maximum atomic E-state index is 13.2. The molecule has 2 aromatic carbocycles. The van der Waals surface area contributed by atoms with Crippen molar-refractivity contribution in [3.8, 4) is 11.5 Å². The second kappa shape index (κ2) is 10.3. The molecule has 1 N–H and O–H groups in total. The lowest BCUT2D eigenvalue weighted by Crippen LogP contribution is -2.47. The van der Waals surface area contributed by atoms with Crippen LogP contribution in [0.2, 0.25) is 0 Å². The molecule has 1 unspecified atom stereocenters. The maximum absolute atomic E-state index is 13.2. The van der Waals surface area contributed by atoms with Crippen LogP contribution in [0.4, 0.5) is 4.79 Å². The summed E-state index contributed by atoms with van der Waals surface area (Å²) in [5.74, 6) is 1.40. The van der Waals surface area contributed by atoms with Gasteiger partial charge in [-0.05, 0) is 48.3 Å². The molecule has 0 spiro atoms. The van der Waals surface area contributed by atoms with E-state index >= 15 is 0 Å². The Balaban J connectivity index is 1.90. The van der Waals surface area contributed by atoms with Crippen LogP contribution in [0.3, 0.4) is 0 Å². The van der Waals surface area contributed by atoms with Gasteiger partial charge >= 0.3 is 6.03 Å². The first-order valence-corrected chi connectivity index (χ1v) is 10.7. The van der Waals surface area contributed by atoms with Crippen LogP contribution in [0, 0.1) is 0 Å². The molecule has 6 nitrogen and oxygen atoms in total. The maximum Gasteiger partial charge on any atom is 0.318 e. The minimum Gasteiger partial charge on any atom is -0.493 e. The number of carbonyl (C=O) groups is 1. The van der Waals surface area contributed by atoms with E-state index in [1.165, 1.54) is 5.56 Å². The normalized spacial score (nSPS) is 15.6. The Bertz CT molecular complexity index is 837. The van der Waals surface area contributed by atoms with Crippen molar-refractivity contribution in [2.75, 3.05) is 46.9 Å². The van der Waals surface area contributed by atoms with Crippen molar-refractivity contribution in [3.63, 3.8) is 0 Å². The highest BCUT2D eigenvalue weighted by Gasteiger charge is 2.33. The third kappa shape index (κ3) is 4.70. The number of urea groups is 1. The van der Waals surface area contributed by atoms with Gasteiger partial charge in [0.15, 0.2) is 11.5 Å². The van der Waals surface area contributed by atoms with Gasteiger partial charge in [-0.15, -0.1) is 0 Å². The zero-order chi connectivity index (χ0) is 21.5. The van der Waals surface area contributed by atoms with E-state index in [-0.39, 0.29) is 12.1 Å². The molecule has 1 heterocycles. The molecule has 0 bridgehead atoms. The van der Waals surface area contributed by atoms with Crippen LogP contribution in [0.25, 0.3) is 0 Å². The lowest BCUT2D eigenvalue weighted by molar-refractivity contribution is 0.178. The summed E-state index contributed by atoms with van der Waals surface area (Å²) < 4.78 is 11.0. The molecule has 0 fully saturated rings. The van der Waals surface area contributed by atoms with E-state index in [4.69, 9.17) is 9.47 Å². The highest BCUT2D eigenvalue weighted by molar-refractivity contribution is 5.76. The first-order valence-electron chi connectivity index (χ1n) is 10.7. The number of hydrogen-bond acceptors (Lipinski definition) is 4. The summed E-state index contributed by atoms with van der Waals surface area (Å²) >= 11 is 0. The van der Waals surface area contributed by atoms with Crippen LogP contribution in [-0.2, 0) is 6.42 Å². The standard InChI is InChI=1S/C24H33N3O3/c1-5-26(6-2)15-13-25-24(28)27-14-12-19-16-21(29-3)22(30-4)17-20(19)23(27)18-10-8-7-9-11-18/h7-11,16-17,23H,5-6,12-15H2,1-4H3,(H,25,28). The van der Waals surface area contributed by atoms with Gasteiger partial charge in [0, 0.05) is 19.6 Å². The van der Waals surface area contributed by atoms with Crippen molar-refractivity contribution in [2.45, 2.75) is 26.3 Å². The zero-order valence-corrected chi connectivity index (χ0v) is 18.5. The number of rotatable bonds is 8. The van der Waals surface area contributed by atoms with E-state index in [0.29, 0.717) is 18.8 Å². The predicted molar refractivity (Wildman–Crippen MR) is 119 cm³/mol. The molecule has 1 aliphatic heterocycles. The molecule has 162 valence electrons. The van der Waals surface area contributed by atoms with Crippen molar-refractivity contribution in [1.82, 2.24) is 15.1 Å². The van der Waals surface area contributed by atoms with Gasteiger partial charge in [-0.1, -0.05) is 44.2 Å². The smallest absolute Gasteiger partial charge is 0.318 e. The Hall–Kier alpha value is -2.73. The Morgan fingerprint density at radius 3 is 2.40 bits per heavy atom. The number of hydrogen-bond donors (Lipinski definition) is 1. The van der Waals surface area contributed by atoms with Crippen molar-refractivity contribution < 1.29 is 14.3 Å². The molecule has 30 heavy (non-hydrogen) atoms. The number of amides is 2. The second-order valence-electron chi connectivity index (χ2n) is 7.42. The summed E-state index contributed by atoms with van der Waals surface area (Å²) in [4.78, 5) is 17.4. The van der Waals surface area contributed by atoms with Gasteiger partial charge in [-0.25, -0.2) is 4.79 Å². The SMILES string of the molecule is CCN(CC)CCNC(=O)N1CCc2cc(OC)c(OC)cc2C1c1ccccc1. The van der Waals surface area contributed by atoms with Gasteiger partial charge in [0.1, 0.15) is 0 Å². The summed E-state index contributed by atoms with van der Waals surface area (Å²) in [6.45, 7) is 8.38. The zero-order valence-electron chi connectivity index (χ0n) is 18.5. The van der Waals surface area contributed by atoms with E-state index in [1.807, 2.05) is 35.2 Å². The lowest BCUT2D eigenvalue weighted by Gasteiger charge is -2.38. The number of nitrogens with zero attached hydrogens (tertiary/aromatic N) is 2. The quantitative estimate of drug-likeness (QED) is 0.720. The average molecular weight is 412 g/mol. The van der Waals surface area contributed by atoms with Crippen LogP contribution in [0.5, 0.6) is 11.5 Å². The topological polar surface area (TPSA) is 54.0 Å². The average Bonchev–Trinajstić information content (AvgIpc) is 2.80. The molecule has 2 aromatic rings. The van der Waals surface area contributed by atoms with E-state index in [1.54, 1.807) is 14.2 Å². The number of fused-ring (bicyclic) bond motifs is 1. The first kappa shape index (κ1) is 22.0. The van der Waals surface area contributed by atoms with Gasteiger partial charge < -0.3 is 24.6 Å². The molecule has 1 atom stereocenters. The lowest BCUT2D eigenvalue weighted by atomic mass is 9.88. The Kier molecular flexibility index (Phi) is 7.57. The monoisotopic (exact) mass is 411 g/mol. The van der Waals surface area contributed by atoms with Gasteiger partial charge in [0.2, 0.25) is 0 Å². The molecule has 1 aliphatic rings. The summed E-state index contributed by atoms with van der Waals surface area (Å²) in [5, 5.41) is 3.12. The van der Waals surface area contributed by atoms with Crippen molar-refractivity contribution in [1.29, 1.82) is 0 Å². The molecule has 3 rings (SSSR count). The highest BCUT2D eigenvalue weighted by Crippen LogP contribution is 2.40. The summed E-state index contributed by atoms with van der Waals surface area (Å²) in [6, 6.07) is 14.0. The van der Waals surface area contributed by atoms with Crippen molar-refractivity contribution in [3.05, 3.63) is 59.2 Å². The number of methoxy groups -OCH3 is 2. The first-order chi connectivity index (χ1) is 14.6. The predicted octanol–water partition coefficient (Wildman–Crippen LogP) is 3.70. The van der Waals surface area contributed by atoms with Gasteiger partial charge in [0.05, 0.1) is 20.3 Å². The fraction of sp³-hybridized carbons (Fsp3) is 0.458. The van der Waals surface area contributed by atoms with Crippen LogP contribution in [-0.4, -0.2) is 62.8 Å². The van der Waals surface area contributed by atoms with E-state index < -0.39 is 0 Å². The molecule has 0 aliphatic carbocycles. The Morgan fingerprint density at radius 1 is 1.10 bits per heavy atom. The Morgan fingerprint density at radius 2 is 1.77 bits per heavy atom. The molecular weight excluding hydrogens is 378 g/mol. The number of benzene rings is 2. The van der Waals surface area contributed by atoms with Crippen molar-refractivity contribution >= 4 is 6.03 Å². The van der Waals surface area contributed by atoms with Crippen LogP contribution in [0.1, 0.15) is 36.6 Å². The molecule has 0 saturated carbocycles. The molecule has 2 amide bonds. The summed E-state index contributed by atoms with van der Waals surface area (Å²) in [7, 11) is 3.29. The molecule has 0 radical (unpaired) electrons. The molecular formula is C24H33N3O3. The van der Waals surface area contributed by atoms with Gasteiger partial charge in [-0.3, -0.25) is 0 Å². The van der Waals surface area contributed by atoms with Gasteiger partial charge in [0.25, 0.3) is 0 Å². The van der Waals surface area contributed by atoms with Gasteiger partial charge in [-0.2, -0.15) is 0 Å². The molecule has 0 saturated heterocycles. The van der Waals surface area contributed by atoms with Crippen molar-refractivity contribution in [2.24, 2.45) is 0 Å². The minimum absolute atomic E-state index is 0.0311. The van der Waals surface area contributed by atoms with Crippen LogP contribution >= 0.6 is 0 Å². The summed E-state index contributed by atoms with van der Waals surface area (Å²) in [5.41, 5.74) is 3.36. The largest absolute Gasteiger partial charge is 0.493 e. The number of nitrogens with one attached hydrogen (secondary N) is 1. The molecule has 6 heteroatoms. The number of carbonyl (C=O) groups excluding carboxylic acids is 1.